The summed E-state index contributed by atoms with van der Waals surface area (Å²) >= 11 is 6.24. The van der Waals surface area contributed by atoms with Crippen LogP contribution in [0.2, 0.25) is 5.02 Å². The molecule has 4 aromatic rings. The van der Waals surface area contributed by atoms with Gasteiger partial charge in [0.25, 0.3) is 0 Å². The second-order valence-corrected chi connectivity index (χ2v) is 9.26. The Hall–Kier alpha value is -3.90. The third-order valence-corrected chi connectivity index (χ3v) is 6.49. The fourth-order valence-electron chi connectivity index (χ4n) is 4.17. The summed E-state index contributed by atoms with van der Waals surface area (Å²) < 4.78 is 16.0. The van der Waals surface area contributed by atoms with Crippen molar-refractivity contribution >= 4 is 23.5 Å². The van der Waals surface area contributed by atoms with Crippen LogP contribution in [-0.2, 0) is 38.3 Å². The maximum atomic E-state index is 12.7. The fraction of sp³-hybridized carbons (Fsp3) is 0.233. The average Bonchev–Trinajstić information content (AvgIpc) is 3.24. The molecule has 6 nitrogen and oxygen atoms in total. The first-order valence-electron chi connectivity index (χ1n) is 12.0. The van der Waals surface area contributed by atoms with E-state index < -0.39 is 6.10 Å². The molecule has 1 heterocycles. The molecule has 1 unspecified atom stereocenters. The number of carbonyl (C=O) groups is 2. The number of methoxy groups -OCH3 is 1. The number of hydrogen-bond acceptors (Lipinski definition) is 6. The van der Waals surface area contributed by atoms with Crippen molar-refractivity contribution in [2.45, 2.75) is 39.2 Å². The zero-order valence-electron chi connectivity index (χ0n) is 21.0. The summed E-state index contributed by atoms with van der Waals surface area (Å²) in [6.45, 7) is 3.60. The summed E-state index contributed by atoms with van der Waals surface area (Å²) in [5.41, 5.74) is 6.03. The van der Waals surface area contributed by atoms with Gasteiger partial charge in [0.1, 0.15) is 6.10 Å². The van der Waals surface area contributed by atoms with Gasteiger partial charge in [-0.05, 0) is 43.0 Å². The molecule has 1 aromatic heterocycles. The van der Waals surface area contributed by atoms with Crippen LogP contribution >= 0.6 is 11.6 Å². The lowest BCUT2D eigenvalue weighted by Gasteiger charge is -2.15. The van der Waals surface area contributed by atoms with Gasteiger partial charge in [0.15, 0.2) is 5.76 Å². The molecule has 0 aliphatic carbocycles. The molecule has 0 saturated carbocycles. The van der Waals surface area contributed by atoms with E-state index in [-0.39, 0.29) is 24.8 Å². The monoisotopic (exact) mass is 517 g/mol. The molecule has 37 heavy (non-hydrogen) atoms. The van der Waals surface area contributed by atoms with E-state index >= 15 is 0 Å². The van der Waals surface area contributed by atoms with Crippen LogP contribution in [0.15, 0.2) is 77.3 Å². The van der Waals surface area contributed by atoms with E-state index in [1.807, 2.05) is 73.7 Å². The summed E-state index contributed by atoms with van der Waals surface area (Å²) in [5.74, 6) is -0.100. The summed E-state index contributed by atoms with van der Waals surface area (Å²) in [4.78, 5) is 24.3. The van der Waals surface area contributed by atoms with Gasteiger partial charge in [-0.1, -0.05) is 83.5 Å². The molecule has 0 fully saturated rings. The van der Waals surface area contributed by atoms with E-state index in [1.165, 1.54) is 7.11 Å². The highest BCUT2D eigenvalue weighted by atomic mass is 35.5. The molecular formula is C30H28ClNO5. The molecular weight excluding hydrogens is 490 g/mol. The lowest BCUT2D eigenvalue weighted by atomic mass is 9.99. The molecule has 0 aliphatic rings. The minimum absolute atomic E-state index is 0.0359. The molecule has 0 radical (unpaired) electrons. The van der Waals surface area contributed by atoms with Gasteiger partial charge in [0.2, 0.25) is 0 Å². The van der Waals surface area contributed by atoms with E-state index in [2.05, 4.69) is 5.16 Å². The first-order valence-corrected chi connectivity index (χ1v) is 12.3. The number of hydrogen-bond donors (Lipinski definition) is 0. The molecule has 0 bridgehead atoms. The second-order valence-electron chi connectivity index (χ2n) is 8.85. The van der Waals surface area contributed by atoms with Crippen molar-refractivity contribution in [1.82, 2.24) is 5.16 Å². The maximum absolute atomic E-state index is 12.7. The number of ether oxygens (including phenoxy) is 2. The van der Waals surface area contributed by atoms with Crippen LogP contribution in [-0.4, -0.2) is 24.2 Å². The van der Waals surface area contributed by atoms with Crippen LogP contribution in [0.5, 0.6) is 0 Å². The number of nitrogens with zero attached hydrogens (tertiary/aromatic N) is 1. The number of carbonyl (C=O) groups excluding carboxylic acids is 2. The van der Waals surface area contributed by atoms with Crippen LogP contribution in [0, 0.1) is 6.92 Å². The maximum Gasteiger partial charge on any atom is 0.311 e. The van der Waals surface area contributed by atoms with E-state index in [9.17, 15) is 9.59 Å². The molecule has 1 atom stereocenters. The number of benzene rings is 3. The number of rotatable bonds is 9. The topological polar surface area (TPSA) is 78.6 Å². The fourth-order valence-corrected chi connectivity index (χ4v) is 4.46. The van der Waals surface area contributed by atoms with Gasteiger partial charge in [-0.2, -0.15) is 0 Å². The molecule has 0 saturated heterocycles. The predicted molar refractivity (Wildman–Crippen MR) is 141 cm³/mol. The van der Waals surface area contributed by atoms with E-state index in [0.717, 1.165) is 27.8 Å². The smallest absolute Gasteiger partial charge is 0.311 e. The molecule has 0 N–H and O–H groups in total. The summed E-state index contributed by atoms with van der Waals surface area (Å²) in [5, 5.41) is 4.64. The Balaban J connectivity index is 1.44. The van der Waals surface area contributed by atoms with Crippen molar-refractivity contribution < 1.29 is 23.6 Å². The summed E-state index contributed by atoms with van der Waals surface area (Å²) in [6.07, 6.45) is 0.518. The second kappa shape index (κ2) is 11.9. The molecule has 4 rings (SSSR count). The third kappa shape index (κ3) is 6.66. The molecule has 190 valence electrons. The standard InChI is InChI=1S/C30H28ClNO5/c1-19-26(18-29(34)36-20(2)25-9-4-5-10-27(25)31)30(37-32-19)24-13-11-21(12-14-24)15-22-7-6-8-23(16-22)17-28(33)35-3/h4-14,16,20H,15,17-18H2,1-3H3. The Morgan fingerprint density at radius 3 is 2.38 bits per heavy atom. The average molecular weight is 518 g/mol. The van der Waals surface area contributed by atoms with Gasteiger partial charge >= 0.3 is 11.9 Å². The Morgan fingerprint density at radius 1 is 0.919 bits per heavy atom. The number of aromatic nitrogens is 1. The zero-order chi connectivity index (χ0) is 26.4. The lowest BCUT2D eigenvalue weighted by Crippen LogP contribution is -2.12. The van der Waals surface area contributed by atoms with Crippen molar-refractivity contribution in [1.29, 1.82) is 0 Å². The zero-order valence-corrected chi connectivity index (χ0v) is 21.7. The van der Waals surface area contributed by atoms with Crippen LogP contribution < -0.4 is 0 Å². The van der Waals surface area contributed by atoms with Crippen molar-refractivity contribution in [3.63, 3.8) is 0 Å². The number of aryl methyl sites for hydroxylation is 1. The van der Waals surface area contributed by atoms with Gasteiger partial charge in [-0.3, -0.25) is 9.59 Å². The van der Waals surface area contributed by atoms with Gasteiger partial charge in [-0.15, -0.1) is 0 Å². The van der Waals surface area contributed by atoms with E-state index in [0.29, 0.717) is 28.5 Å². The molecule has 0 amide bonds. The number of halogens is 1. The quantitative estimate of drug-likeness (QED) is 0.237. The van der Waals surface area contributed by atoms with Crippen LogP contribution in [0.1, 0.15) is 46.5 Å². The Bertz CT molecular complexity index is 1390. The molecule has 7 heteroatoms. The van der Waals surface area contributed by atoms with E-state index in [1.54, 1.807) is 13.0 Å². The SMILES string of the molecule is COC(=O)Cc1cccc(Cc2ccc(-c3onc(C)c3CC(=O)OC(C)c3ccccc3Cl)cc2)c1. The lowest BCUT2D eigenvalue weighted by molar-refractivity contribution is -0.147. The normalized spacial score (nSPS) is 11.7. The summed E-state index contributed by atoms with van der Waals surface area (Å²) in [7, 11) is 1.39. The van der Waals surface area contributed by atoms with Crippen molar-refractivity contribution in [3.05, 3.63) is 111 Å². The summed E-state index contributed by atoms with van der Waals surface area (Å²) in [6, 6.07) is 23.1. The largest absolute Gasteiger partial charge is 0.469 e. The van der Waals surface area contributed by atoms with Gasteiger partial charge in [0.05, 0.1) is 25.6 Å². The van der Waals surface area contributed by atoms with Crippen LogP contribution in [0.4, 0.5) is 0 Å². The van der Waals surface area contributed by atoms with Crippen molar-refractivity contribution in [2.24, 2.45) is 0 Å². The van der Waals surface area contributed by atoms with Gasteiger partial charge < -0.3 is 14.0 Å². The Labute approximate surface area is 221 Å². The molecule has 0 spiro atoms. The molecule has 3 aromatic carbocycles. The van der Waals surface area contributed by atoms with Gasteiger partial charge in [-0.25, -0.2) is 0 Å². The number of esters is 2. The first-order chi connectivity index (χ1) is 17.8. The highest BCUT2D eigenvalue weighted by molar-refractivity contribution is 6.31. The minimum atomic E-state index is -0.477. The Kier molecular flexibility index (Phi) is 8.41. The van der Waals surface area contributed by atoms with Gasteiger partial charge in [0, 0.05) is 21.7 Å². The third-order valence-electron chi connectivity index (χ3n) is 6.15. The highest BCUT2D eigenvalue weighted by Gasteiger charge is 2.21. The molecule has 0 aliphatic heterocycles. The highest BCUT2D eigenvalue weighted by Crippen LogP contribution is 2.29. The van der Waals surface area contributed by atoms with Crippen LogP contribution in [0.25, 0.3) is 11.3 Å². The Morgan fingerprint density at radius 2 is 1.65 bits per heavy atom. The van der Waals surface area contributed by atoms with E-state index in [4.69, 9.17) is 25.6 Å². The first kappa shape index (κ1) is 26.2. The predicted octanol–water partition coefficient (Wildman–Crippen LogP) is 6.46. The van der Waals surface area contributed by atoms with Crippen LogP contribution in [0.3, 0.4) is 0 Å². The minimum Gasteiger partial charge on any atom is -0.469 e. The van der Waals surface area contributed by atoms with Crippen molar-refractivity contribution in [2.75, 3.05) is 7.11 Å². The van der Waals surface area contributed by atoms with Crippen molar-refractivity contribution in [3.8, 4) is 11.3 Å².